The van der Waals surface area contributed by atoms with Gasteiger partial charge in [0.25, 0.3) is 0 Å². The Bertz CT molecular complexity index is 473. The molecular formula is C12H13Cl3N2O2. The van der Waals surface area contributed by atoms with Crippen LogP contribution in [0.15, 0.2) is 12.1 Å². The molecule has 2 unspecified atom stereocenters. The summed E-state index contributed by atoms with van der Waals surface area (Å²) in [4.78, 5) is 11.9. The van der Waals surface area contributed by atoms with Crippen molar-refractivity contribution in [3.05, 3.63) is 27.2 Å². The predicted molar refractivity (Wildman–Crippen MR) is 76.6 cm³/mol. The second-order valence-corrected chi connectivity index (χ2v) is 5.71. The van der Waals surface area contributed by atoms with Crippen LogP contribution >= 0.6 is 34.8 Å². The zero-order valence-corrected chi connectivity index (χ0v) is 12.2. The maximum absolute atomic E-state index is 11.9. The minimum absolute atomic E-state index is 0.271. The molecule has 0 aromatic heterocycles. The zero-order valence-electron chi connectivity index (χ0n) is 9.92. The van der Waals surface area contributed by atoms with Crippen LogP contribution in [0.5, 0.6) is 0 Å². The van der Waals surface area contributed by atoms with Crippen molar-refractivity contribution < 1.29 is 9.90 Å². The van der Waals surface area contributed by atoms with E-state index in [-0.39, 0.29) is 5.91 Å². The van der Waals surface area contributed by atoms with E-state index in [1.165, 1.54) is 12.1 Å². The topological polar surface area (TPSA) is 61.4 Å². The number of hydrazine groups is 1. The van der Waals surface area contributed by atoms with Crippen molar-refractivity contribution in [3.63, 3.8) is 0 Å². The smallest absolute Gasteiger partial charge is 0.244 e. The molecule has 0 bridgehead atoms. The summed E-state index contributed by atoms with van der Waals surface area (Å²) in [6.07, 6.45) is 1.59. The fourth-order valence-corrected chi connectivity index (χ4v) is 3.04. The van der Waals surface area contributed by atoms with Crippen molar-refractivity contribution >= 4 is 46.4 Å². The normalized spacial score (nSPS) is 22.3. The molecule has 1 aliphatic rings. The molecule has 1 amide bonds. The number of anilines is 1. The van der Waals surface area contributed by atoms with Gasteiger partial charge in [-0.1, -0.05) is 34.8 Å². The van der Waals surface area contributed by atoms with Gasteiger partial charge in [-0.25, -0.2) is 0 Å². The van der Waals surface area contributed by atoms with Gasteiger partial charge in [-0.2, -0.15) is 0 Å². The minimum atomic E-state index is -0.585. The Morgan fingerprint density at radius 2 is 1.84 bits per heavy atom. The average molecular weight is 324 g/mol. The van der Waals surface area contributed by atoms with E-state index >= 15 is 0 Å². The standard InChI is InChI=1S/C12H13Cl3N2O2/c13-6-4-8(14)11(9(15)5-6)16-17-12(19)7-2-1-3-10(7)18/h4-5,7,10,16,18H,1-3H2,(H,17,19). The van der Waals surface area contributed by atoms with E-state index in [2.05, 4.69) is 10.9 Å². The van der Waals surface area contributed by atoms with Crippen LogP contribution in [0.4, 0.5) is 5.69 Å². The molecule has 0 radical (unpaired) electrons. The van der Waals surface area contributed by atoms with Crippen LogP contribution in [0.2, 0.25) is 15.1 Å². The van der Waals surface area contributed by atoms with E-state index in [1.54, 1.807) is 0 Å². The summed E-state index contributed by atoms with van der Waals surface area (Å²) in [6.45, 7) is 0. The Morgan fingerprint density at radius 1 is 1.21 bits per heavy atom. The summed E-state index contributed by atoms with van der Waals surface area (Å²) in [7, 11) is 0. The number of benzene rings is 1. The summed E-state index contributed by atoms with van der Waals surface area (Å²) in [5.74, 6) is -0.663. The quantitative estimate of drug-likeness (QED) is 0.748. The van der Waals surface area contributed by atoms with Crippen LogP contribution in [-0.4, -0.2) is 17.1 Å². The molecule has 104 valence electrons. The lowest BCUT2D eigenvalue weighted by Crippen LogP contribution is -2.38. The number of amides is 1. The molecule has 1 aromatic carbocycles. The third kappa shape index (κ3) is 3.45. The molecule has 2 rings (SSSR count). The van der Waals surface area contributed by atoms with Crippen LogP contribution in [-0.2, 0) is 4.79 Å². The number of carbonyl (C=O) groups excluding carboxylic acids is 1. The Kier molecular flexibility index (Phi) is 4.79. The minimum Gasteiger partial charge on any atom is -0.392 e. The summed E-state index contributed by atoms with van der Waals surface area (Å²) in [5.41, 5.74) is 5.57. The van der Waals surface area contributed by atoms with Gasteiger partial charge < -0.3 is 5.11 Å². The first-order valence-electron chi connectivity index (χ1n) is 5.87. The van der Waals surface area contributed by atoms with E-state index in [4.69, 9.17) is 34.8 Å². The zero-order chi connectivity index (χ0) is 14.0. The maximum atomic E-state index is 11.9. The molecule has 0 saturated heterocycles. The average Bonchev–Trinajstić information content (AvgIpc) is 2.73. The van der Waals surface area contributed by atoms with Crippen molar-refractivity contribution in [1.29, 1.82) is 0 Å². The number of nitrogens with one attached hydrogen (secondary N) is 2. The molecule has 0 heterocycles. The molecule has 1 aromatic rings. The SMILES string of the molecule is O=C(NNc1c(Cl)cc(Cl)cc1Cl)C1CCCC1O. The molecule has 1 saturated carbocycles. The molecule has 1 fully saturated rings. The van der Waals surface area contributed by atoms with Crippen molar-refractivity contribution in [1.82, 2.24) is 5.43 Å². The maximum Gasteiger partial charge on any atom is 0.244 e. The van der Waals surface area contributed by atoms with Gasteiger partial charge in [0.05, 0.1) is 27.8 Å². The van der Waals surface area contributed by atoms with E-state index < -0.39 is 12.0 Å². The van der Waals surface area contributed by atoms with Gasteiger partial charge in [-0.05, 0) is 31.4 Å². The fraction of sp³-hybridized carbons (Fsp3) is 0.417. The van der Waals surface area contributed by atoms with E-state index in [1.807, 2.05) is 0 Å². The van der Waals surface area contributed by atoms with Crippen molar-refractivity contribution in [2.45, 2.75) is 25.4 Å². The lowest BCUT2D eigenvalue weighted by atomic mass is 10.1. The van der Waals surface area contributed by atoms with Gasteiger partial charge >= 0.3 is 0 Å². The van der Waals surface area contributed by atoms with Crippen molar-refractivity contribution in [3.8, 4) is 0 Å². The number of aliphatic hydroxyl groups is 1. The van der Waals surface area contributed by atoms with E-state index in [0.29, 0.717) is 33.6 Å². The van der Waals surface area contributed by atoms with Crippen molar-refractivity contribution in [2.75, 3.05) is 5.43 Å². The van der Waals surface area contributed by atoms with Gasteiger partial charge in [0, 0.05) is 5.02 Å². The van der Waals surface area contributed by atoms with Crippen LogP contribution in [0.25, 0.3) is 0 Å². The highest BCUT2D eigenvalue weighted by atomic mass is 35.5. The first kappa shape index (κ1) is 14.7. The van der Waals surface area contributed by atoms with Crippen LogP contribution < -0.4 is 10.9 Å². The summed E-state index contributed by atoms with van der Waals surface area (Å²) >= 11 is 17.7. The Morgan fingerprint density at radius 3 is 2.37 bits per heavy atom. The largest absolute Gasteiger partial charge is 0.392 e. The van der Waals surface area contributed by atoms with Gasteiger partial charge in [-0.3, -0.25) is 15.6 Å². The molecule has 0 spiro atoms. The lowest BCUT2D eigenvalue weighted by Gasteiger charge is -2.17. The third-order valence-electron chi connectivity index (χ3n) is 3.13. The second-order valence-electron chi connectivity index (χ2n) is 4.46. The Balaban J connectivity index is 2.01. The molecule has 4 nitrogen and oxygen atoms in total. The fourth-order valence-electron chi connectivity index (χ4n) is 2.12. The second kappa shape index (κ2) is 6.18. The highest BCUT2D eigenvalue weighted by Crippen LogP contribution is 2.33. The first-order valence-corrected chi connectivity index (χ1v) is 7.01. The van der Waals surface area contributed by atoms with Crippen LogP contribution in [0, 0.1) is 5.92 Å². The van der Waals surface area contributed by atoms with E-state index in [0.717, 1.165) is 6.42 Å². The number of hydrogen-bond donors (Lipinski definition) is 3. The molecular weight excluding hydrogens is 311 g/mol. The predicted octanol–water partition coefficient (Wildman–Crippen LogP) is 3.25. The molecule has 3 N–H and O–H groups in total. The highest BCUT2D eigenvalue weighted by molar-refractivity contribution is 6.41. The van der Waals surface area contributed by atoms with E-state index in [9.17, 15) is 9.90 Å². The molecule has 19 heavy (non-hydrogen) atoms. The van der Waals surface area contributed by atoms with Crippen LogP contribution in [0.1, 0.15) is 19.3 Å². The van der Waals surface area contributed by atoms with Gasteiger partial charge in [0.1, 0.15) is 0 Å². The number of carbonyl (C=O) groups is 1. The summed E-state index contributed by atoms with van der Waals surface area (Å²) in [5, 5.41) is 10.7. The van der Waals surface area contributed by atoms with Crippen molar-refractivity contribution in [2.24, 2.45) is 5.92 Å². The molecule has 0 aliphatic heterocycles. The molecule has 1 aliphatic carbocycles. The van der Waals surface area contributed by atoms with Gasteiger partial charge in [-0.15, -0.1) is 0 Å². The lowest BCUT2D eigenvalue weighted by molar-refractivity contribution is -0.126. The number of hydrogen-bond acceptors (Lipinski definition) is 3. The Hall–Kier alpha value is -0.680. The van der Waals surface area contributed by atoms with Crippen LogP contribution in [0.3, 0.4) is 0 Å². The number of halogens is 3. The number of aliphatic hydroxyl groups excluding tert-OH is 1. The van der Waals surface area contributed by atoms with Gasteiger partial charge in [0.2, 0.25) is 5.91 Å². The Labute approximate surface area is 126 Å². The summed E-state index contributed by atoms with van der Waals surface area (Å²) in [6, 6.07) is 3.04. The van der Waals surface area contributed by atoms with Gasteiger partial charge in [0.15, 0.2) is 0 Å². The first-order chi connectivity index (χ1) is 8.99. The third-order valence-corrected chi connectivity index (χ3v) is 3.95. The number of rotatable bonds is 3. The highest BCUT2D eigenvalue weighted by Gasteiger charge is 2.31. The molecule has 7 heteroatoms. The molecule has 2 atom stereocenters. The summed E-state index contributed by atoms with van der Waals surface area (Å²) < 4.78 is 0. The monoisotopic (exact) mass is 322 g/mol.